The molecule has 0 saturated heterocycles. The number of hydrogen-bond donors (Lipinski definition) is 0. The van der Waals surface area contributed by atoms with Gasteiger partial charge in [-0.25, -0.2) is 0 Å². The molecule has 0 aromatic carbocycles. The van der Waals surface area contributed by atoms with Crippen molar-refractivity contribution in [1.82, 2.24) is 0 Å². The molecule has 480 valence electrons. The van der Waals surface area contributed by atoms with E-state index in [2.05, 4.69) is 69.4 Å². The van der Waals surface area contributed by atoms with Crippen LogP contribution < -0.4 is 0 Å². The molecule has 1 unspecified atom stereocenters. The molecule has 0 bridgehead atoms. The van der Waals surface area contributed by atoms with Crippen molar-refractivity contribution in [1.29, 1.82) is 0 Å². The Bertz CT molecular complexity index is 1410. The average molecular weight is 1150 g/mol. The van der Waals surface area contributed by atoms with Crippen LogP contribution in [0.1, 0.15) is 400 Å². The Morgan fingerprint density at radius 2 is 0.439 bits per heavy atom. The van der Waals surface area contributed by atoms with Gasteiger partial charge in [0, 0.05) is 19.3 Å². The van der Waals surface area contributed by atoms with E-state index < -0.39 is 6.10 Å². The lowest BCUT2D eigenvalue weighted by Gasteiger charge is -2.18. The summed E-state index contributed by atoms with van der Waals surface area (Å²) in [5.41, 5.74) is 0. The first-order valence-corrected chi connectivity index (χ1v) is 36.6. The van der Waals surface area contributed by atoms with Crippen molar-refractivity contribution in [2.45, 2.75) is 406 Å². The lowest BCUT2D eigenvalue weighted by molar-refractivity contribution is -0.167. The second-order valence-corrected chi connectivity index (χ2v) is 24.8. The summed E-state index contributed by atoms with van der Waals surface area (Å²) in [5.74, 6) is -0.876. The van der Waals surface area contributed by atoms with Crippen LogP contribution in [-0.4, -0.2) is 37.2 Å². The van der Waals surface area contributed by atoms with Crippen molar-refractivity contribution in [2.75, 3.05) is 13.2 Å². The number of allylic oxidation sites excluding steroid dienone is 8. The Hall–Kier alpha value is -2.63. The second-order valence-electron chi connectivity index (χ2n) is 24.8. The molecule has 0 aliphatic heterocycles. The van der Waals surface area contributed by atoms with E-state index in [9.17, 15) is 14.4 Å². The lowest BCUT2D eigenvalue weighted by Crippen LogP contribution is -2.30. The van der Waals surface area contributed by atoms with Gasteiger partial charge in [0.15, 0.2) is 6.10 Å². The highest BCUT2D eigenvalue weighted by Crippen LogP contribution is 2.18. The third-order valence-corrected chi connectivity index (χ3v) is 16.5. The number of ether oxygens (including phenoxy) is 3. The SMILES string of the molecule is CCCCCC/C=C\C/C=C\CCCCCCCC(=O)OC(COC(=O)CCCCCCC/C=C\CCCCCCCC)COC(=O)CCCCCCCCCCCCCCCCCCCCCCC/C=C\CCCCCCCCCC. The van der Waals surface area contributed by atoms with Crippen LogP contribution in [-0.2, 0) is 28.6 Å². The molecule has 0 aromatic rings. The first kappa shape index (κ1) is 79.4. The van der Waals surface area contributed by atoms with E-state index in [0.29, 0.717) is 19.3 Å². The highest BCUT2D eigenvalue weighted by molar-refractivity contribution is 5.71. The van der Waals surface area contributed by atoms with Crippen molar-refractivity contribution >= 4 is 17.9 Å². The standard InChI is InChI=1S/C76H140O6/c1-4-7-10-13-16-19-22-25-28-30-31-32-33-34-35-36-37-38-39-40-41-42-43-44-45-46-49-51-54-57-60-63-66-69-75(78)81-72-73(71-80-74(77)68-65-62-59-56-53-50-47-27-24-21-18-15-12-9-6-3)82-76(79)70-67-64-61-58-55-52-48-29-26-23-20-17-14-11-8-5-2/h20,23,27,29-31,47-48,73H,4-19,21-22,24-26,28,32-46,49-72H2,1-3H3/b23-20-,31-30-,47-27-,48-29-. The average Bonchev–Trinajstić information content (AvgIpc) is 3.47. The van der Waals surface area contributed by atoms with E-state index >= 15 is 0 Å². The zero-order valence-corrected chi connectivity index (χ0v) is 55.3. The summed E-state index contributed by atoms with van der Waals surface area (Å²) in [7, 11) is 0. The number of hydrogen-bond acceptors (Lipinski definition) is 6. The molecular formula is C76H140O6. The number of carbonyl (C=O) groups is 3. The molecule has 0 radical (unpaired) electrons. The molecule has 1 atom stereocenters. The van der Waals surface area contributed by atoms with Crippen LogP contribution >= 0.6 is 0 Å². The highest BCUT2D eigenvalue weighted by atomic mass is 16.6. The fourth-order valence-corrected chi connectivity index (χ4v) is 11.0. The zero-order valence-electron chi connectivity index (χ0n) is 55.3. The van der Waals surface area contributed by atoms with E-state index in [4.69, 9.17) is 14.2 Å². The molecule has 0 aromatic heterocycles. The van der Waals surface area contributed by atoms with Gasteiger partial charge in [-0.3, -0.25) is 14.4 Å². The predicted molar refractivity (Wildman–Crippen MR) is 358 cm³/mol. The molecule has 6 heteroatoms. The normalized spacial score (nSPS) is 12.3. The Morgan fingerprint density at radius 1 is 0.244 bits per heavy atom. The summed E-state index contributed by atoms with van der Waals surface area (Å²) in [6, 6.07) is 0. The molecule has 82 heavy (non-hydrogen) atoms. The molecule has 0 saturated carbocycles. The van der Waals surface area contributed by atoms with Crippen LogP contribution in [0, 0.1) is 0 Å². The number of unbranched alkanes of at least 4 members (excludes halogenated alkanes) is 49. The van der Waals surface area contributed by atoms with Crippen molar-refractivity contribution in [3.8, 4) is 0 Å². The molecule has 6 nitrogen and oxygen atoms in total. The van der Waals surface area contributed by atoms with Crippen LogP contribution in [0.15, 0.2) is 48.6 Å². The van der Waals surface area contributed by atoms with Crippen LogP contribution in [0.25, 0.3) is 0 Å². The van der Waals surface area contributed by atoms with Gasteiger partial charge < -0.3 is 14.2 Å². The molecule has 0 spiro atoms. The smallest absolute Gasteiger partial charge is 0.306 e. The fraction of sp³-hybridized carbons (Fsp3) is 0.855. The predicted octanol–water partition coefficient (Wildman–Crippen LogP) is 25.3. The summed E-state index contributed by atoms with van der Waals surface area (Å²) in [5, 5.41) is 0. The highest BCUT2D eigenvalue weighted by Gasteiger charge is 2.19. The summed E-state index contributed by atoms with van der Waals surface area (Å²) >= 11 is 0. The topological polar surface area (TPSA) is 78.9 Å². The molecule has 0 N–H and O–H groups in total. The quantitative estimate of drug-likeness (QED) is 0.0261. The van der Waals surface area contributed by atoms with Crippen LogP contribution in [0.5, 0.6) is 0 Å². The van der Waals surface area contributed by atoms with Crippen molar-refractivity contribution < 1.29 is 28.6 Å². The van der Waals surface area contributed by atoms with Crippen molar-refractivity contribution in [3.05, 3.63) is 48.6 Å². The number of esters is 3. The van der Waals surface area contributed by atoms with E-state index in [1.807, 2.05) is 0 Å². The molecule has 0 amide bonds. The fourth-order valence-electron chi connectivity index (χ4n) is 11.0. The van der Waals surface area contributed by atoms with Crippen LogP contribution in [0.4, 0.5) is 0 Å². The van der Waals surface area contributed by atoms with E-state index in [0.717, 1.165) is 89.9 Å². The van der Waals surface area contributed by atoms with E-state index in [1.54, 1.807) is 0 Å². The van der Waals surface area contributed by atoms with Gasteiger partial charge in [0.05, 0.1) is 0 Å². The molecule has 0 heterocycles. The maximum atomic E-state index is 12.9. The van der Waals surface area contributed by atoms with Gasteiger partial charge in [0.2, 0.25) is 0 Å². The molecule has 0 aliphatic carbocycles. The third kappa shape index (κ3) is 68.2. The Kier molecular flexibility index (Phi) is 68.6. The Balaban J connectivity index is 4.14. The second kappa shape index (κ2) is 70.9. The van der Waals surface area contributed by atoms with Gasteiger partial charge in [-0.1, -0.05) is 326 Å². The van der Waals surface area contributed by atoms with Gasteiger partial charge in [-0.15, -0.1) is 0 Å². The minimum absolute atomic E-state index is 0.0775. The molecule has 0 rings (SSSR count). The van der Waals surface area contributed by atoms with Crippen molar-refractivity contribution in [3.63, 3.8) is 0 Å². The Morgan fingerprint density at radius 3 is 0.695 bits per heavy atom. The van der Waals surface area contributed by atoms with Crippen molar-refractivity contribution in [2.24, 2.45) is 0 Å². The number of carbonyl (C=O) groups excluding carboxylic acids is 3. The first-order valence-electron chi connectivity index (χ1n) is 36.6. The molecule has 0 fully saturated rings. The minimum atomic E-state index is -0.783. The maximum absolute atomic E-state index is 12.9. The third-order valence-electron chi connectivity index (χ3n) is 16.5. The van der Waals surface area contributed by atoms with Gasteiger partial charge in [-0.2, -0.15) is 0 Å². The first-order chi connectivity index (χ1) is 40.5. The lowest BCUT2D eigenvalue weighted by atomic mass is 10.0. The van der Waals surface area contributed by atoms with Gasteiger partial charge >= 0.3 is 17.9 Å². The van der Waals surface area contributed by atoms with Crippen LogP contribution in [0.2, 0.25) is 0 Å². The largest absolute Gasteiger partial charge is 0.462 e. The summed E-state index contributed by atoms with van der Waals surface area (Å²) in [4.78, 5) is 38.4. The maximum Gasteiger partial charge on any atom is 0.306 e. The Labute approximate surface area is 511 Å². The summed E-state index contributed by atoms with van der Waals surface area (Å²) in [6.07, 6.45) is 90.2. The van der Waals surface area contributed by atoms with Crippen LogP contribution in [0.3, 0.4) is 0 Å². The summed E-state index contributed by atoms with van der Waals surface area (Å²) < 4.78 is 17.0. The van der Waals surface area contributed by atoms with E-state index in [1.165, 1.54) is 270 Å². The monoisotopic (exact) mass is 1150 g/mol. The summed E-state index contributed by atoms with van der Waals surface area (Å²) in [6.45, 7) is 6.66. The molecule has 0 aliphatic rings. The number of rotatable bonds is 68. The zero-order chi connectivity index (χ0) is 59.2. The van der Waals surface area contributed by atoms with Gasteiger partial charge in [0.25, 0.3) is 0 Å². The van der Waals surface area contributed by atoms with E-state index in [-0.39, 0.29) is 31.1 Å². The van der Waals surface area contributed by atoms with Gasteiger partial charge in [0.1, 0.15) is 13.2 Å². The molecular weight excluding hydrogens is 1010 g/mol. The van der Waals surface area contributed by atoms with Gasteiger partial charge in [-0.05, 0) is 103 Å². The minimum Gasteiger partial charge on any atom is -0.462 e.